The molecule has 3 aromatic rings. The summed E-state index contributed by atoms with van der Waals surface area (Å²) in [7, 11) is 2.17. The number of hydrogen-bond donors (Lipinski definition) is 1. The van der Waals surface area contributed by atoms with E-state index in [9.17, 15) is 0 Å². The van der Waals surface area contributed by atoms with Gasteiger partial charge in [0, 0.05) is 82.1 Å². The highest BCUT2D eigenvalue weighted by Gasteiger charge is 2.25. The summed E-state index contributed by atoms with van der Waals surface area (Å²) in [5, 5.41) is 3.59. The number of piperazine rings is 1. The van der Waals surface area contributed by atoms with Crippen LogP contribution in [0.3, 0.4) is 0 Å². The topological polar surface area (TPSA) is 101 Å². The van der Waals surface area contributed by atoms with Gasteiger partial charge in [-0.15, -0.1) is 0 Å². The number of aromatic nitrogens is 4. The van der Waals surface area contributed by atoms with Crippen LogP contribution in [-0.4, -0.2) is 115 Å². The smallest absolute Gasteiger partial charge is 0.218 e. The Kier molecular flexibility index (Phi) is 8.70. The van der Waals surface area contributed by atoms with Crippen molar-refractivity contribution in [2.24, 2.45) is 0 Å². The molecule has 1 N–H and O–H groups in total. The van der Waals surface area contributed by atoms with Crippen LogP contribution in [0.4, 0.5) is 11.5 Å². The van der Waals surface area contributed by atoms with E-state index in [1.807, 2.05) is 6.07 Å². The molecule has 0 radical (unpaired) electrons. The number of rotatable bonds is 9. The third-order valence-corrected chi connectivity index (χ3v) is 8.11. The number of likely N-dealkylation sites (N-methyl/N-ethyl adjacent to an activating group) is 1. The summed E-state index contributed by atoms with van der Waals surface area (Å²) in [6.45, 7) is 9.17. The van der Waals surface area contributed by atoms with E-state index in [1.165, 1.54) is 0 Å². The predicted molar refractivity (Wildman–Crippen MR) is 154 cm³/mol. The molecule has 1 saturated carbocycles. The molecule has 3 aliphatic rings. The minimum atomic E-state index is 0.141. The van der Waals surface area contributed by atoms with Gasteiger partial charge in [0.2, 0.25) is 5.88 Å². The zero-order chi connectivity index (χ0) is 27.1. The first kappa shape index (κ1) is 26.9. The Morgan fingerprint density at radius 1 is 0.900 bits per heavy atom. The van der Waals surface area contributed by atoms with Crippen LogP contribution >= 0.6 is 0 Å². The first-order valence-corrected chi connectivity index (χ1v) is 14.6. The minimum Gasteiger partial charge on any atom is -0.488 e. The Morgan fingerprint density at radius 3 is 2.52 bits per heavy atom. The Bertz CT molecular complexity index is 1240. The van der Waals surface area contributed by atoms with E-state index in [1.54, 1.807) is 18.7 Å². The van der Waals surface area contributed by atoms with Gasteiger partial charge in [0.05, 0.1) is 24.8 Å². The molecule has 0 spiro atoms. The molecular formula is C29H40N8O3. The van der Waals surface area contributed by atoms with Crippen LogP contribution < -0.4 is 19.7 Å². The predicted octanol–water partition coefficient (Wildman–Crippen LogP) is 2.68. The third-order valence-electron chi connectivity index (χ3n) is 8.11. The average Bonchev–Trinajstić information content (AvgIpc) is 3.00. The van der Waals surface area contributed by atoms with E-state index >= 15 is 0 Å². The van der Waals surface area contributed by atoms with Crippen LogP contribution in [0.2, 0.25) is 0 Å². The average molecular weight is 549 g/mol. The molecule has 0 amide bonds. The highest BCUT2D eigenvalue weighted by molar-refractivity contribution is 5.85. The molecular weight excluding hydrogens is 508 g/mol. The van der Waals surface area contributed by atoms with Gasteiger partial charge in [-0.2, -0.15) is 0 Å². The first-order chi connectivity index (χ1) is 19.7. The highest BCUT2D eigenvalue weighted by Crippen LogP contribution is 2.33. The summed E-state index contributed by atoms with van der Waals surface area (Å²) < 4.78 is 18.1. The van der Waals surface area contributed by atoms with Gasteiger partial charge in [0.25, 0.3) is 0 Å². The normalized spacial score (nSPS) is 22.8. The maximum atomic E-state index is 6.58. The molecule has 1 aromatic carbocycles. The quantitative estimate of drug-likeness (QED) is 0.427. The molecule has 0 bridgehead atoms. The Morgan fingerprint density at radius 2 is 1.70 bits per heavy atom. The standard InChI is InChI=1S/C29H40N8O3/c1-35-8-10-36(11-9-35)12-17-39-28-20-27(32-21-33-28)34-22-2-4-24(5-3-22)40-26-19-23(37-13-15-38-16-14-37)18-25-29(26)31-7-6-30-25/h6-7,18-22,24H,2-5,8-17H2,1H3,(H,32,33,34)/t22-,24+. The molecule has 2 saturated heterocycles. The molecule has 11 nitrogen and oxygen atoms in total. The zero-order valence-corrected chi connectivity index (χ0v) is 23.4. The summed E-state index contributed by atoms with van der Waals surface area (Å²) in [5.41, 5.74) is 2.80. The highest BCUT2D eigenvalue weighted by atomic mass is 16.5. The summed E-state index contributed by atoms with van der Waals surface area (Å²) in [4.78, 5) is 25.0. The van der Waals surface area contributed by atoms with Crippen LogP contribution in [0.25, 0.3) is 11.0 Å². The number of ether oxygens (including phenoxy) is 3. The SMILES string of the molecule is CN1CCN(CCOc2cc(N[C@H]3CC[C@@H](Oc4cc(N5CCOCC5)cc5nccnc45)CC3)ncn2)CC1. The number of morpholine rings is 1. The van der Waals surface area contributed by atoms with E-state index < -0.39 is 0 Å². The van der Waals surface area contributed by atoms with Crippen LogP contribution in [-0.2, 0) is 4.74 Å². The van der Waals surface area contributed by atoms with E-state index in [2.05, 4.69) is 59.1 Å². The number of fused-ring (bicyclic) bond motifs is 1. The van der Waals surface area contributed by atoms with E-state index in [0.717, 1.165) is 113 Å². The van der Waals surface area contributed by atoms with Crippen LogP contribution in [0.5, 0.6) is 11.6 Å². The van der Waals surface area contributed by atoms with Gasteiger partial charge in [0.15, 0.2) is 0 Å². The van der Waals surface area contributed by atoms with Gasteiger partial charge in [-0.1, -0.05) is 0 Å². The summed E-state index contributed by atoms with van der Waals surface area (Å²) in [6, 6.07) is 6.48. The Balaban J connectivity index is 1.01. The lowest BCUT2D eigenvalue weighted by atomic mass is 9.93. The van der Waals surface area contributed by atoms with Gasteiger partial charge in [-0.05, 0) is 38.8 Å². The summed E-state index contributed by atoms with van der Waals surface area (Å²) in [6.07, 6.45) is 9.11. The fraction of sp³-hybridized carbons (Fsp3) is 0.586. The molecule has 11 heteroatoms. The molecule has 2 aromatic heterocycles. The lowest BCUT2D eigenvalue weighted by molar-refractivity contribution is 0.122. The van der Waals surface area contributed by atoms with Gasteiger partial charge >= 0.3 is 0 Å². The third kappa shape index (κ3) is 6.89. The molecule has 40 heavy (non-hydrogen) atoms. The van der Waals surface area contributed by atoms with Gasteiger partial charge < -0.3 is 29.3 Å². The van der Waals surface area contributed by atoms with Crippen molar-refractivity contribution in [2.45, 2.75) is 37.8 Å². The maximum absolute atomic E-state index is 6.58. The second-order valence-electron chi connectivity index (χ2n) is 10.9. The van der Waals surface area contributed by atoms with Gasteiger partial charge in [0.1, 0.15) is 30.0 Å². The number of hydrogen-bond acceptors (Lipinski definition) is 11. The van der Waals surface area contributed by atoms with Crippen molar-refractivity contribution >= 4 is 22.5 Å². The van der Waals surface area contributed by atoms with Gasteiger partial charge in [-0.25, -0.2) is 15.0 Å². The van der Waals surface area contributed by atoms with Crippen LogP contribution in [0.1, 0.15) is 25.7 Å². The van der Waals surface area contributed by atoms with Crippen molar-refractivity contribution in [1.29, 1.82) is 0 Å². The van der Waals surface area contributed by atoms with Crippen molar-refractivity contribution in [1.82, 2.24) is 29.7 Å². The summed E-state index contributed by atoms with van der Waals surface area (Å²) >= 11 is 0. The Labute approximate surface area is 235 Å². The molecule has 0 atom stereocenters. The van der Waals surface area contributed by atoms with Crippen molar-refractivity contribution in [2.75, 3.05) is 82.9 Å². The zero-order valence-electron chi connectivity index (χ0n) is 23.4. The van der Waals surface area contributed by atoms with E-state index in [4.69, 9.17) is 14.2 Å². The monoisotopic (exact) mass is 548 g/mol. The number of nitrogens with zero attached hydrogens (tertiary/aromatic N) is 7. The lowest BCUT2D eigenvalue weighted by Crippen LogP contribution is -2.45. The Hall–Kier alpha value is -3.28. The number of nitrogens with one attached hydrogen (secondary N) is 1. The summed E-state index contributed by atoms with van der Waals surface area (Å²) in [5.74, 6) is 2.25. The molecule has 4 heterocycles. The minimum absolute atomic E-state index is 0.141. The van der Waals surface area contributed by atoms with Crippen molar-refractivity contribution in [3.05, 3.63) is 36.9 Å². The van der Waals surface area contributed by atoms with Crippen molar-refractivity contribution in [3.8, 4) is 11.6 Å². The molecule has 1 aliphatic carbocycles. The number of benzene rings is 1. The maximum Gasteiger partial charge on any atom is 0.218 e. The molecule has 6 rings (SSSR count). The van der Waals surface area contributed by atoms with E-state index in [0.29, 0.717) is 18.5 Å². The second kappa shape index (κ2) is 12.9. The number of anilines is 2. The molecule has 0 unspecified atom stereocenters. The van der Waals surface area contributed by atoms with Crippen molar-refractivity contribution < 1.29 is 14.2 Å². The van der Waals surface area contributed by atoms with Crippen LogP contribution in [0, 0.1) is 0 Å². The largest absolute Gasteiger partial charge is 0.488 e. The molecule has 2 aliphatic heterocycles. The van der Waals surface area contributed by atoms with Gasteiger partial charge in [-0.3, -0.25) is 9.88 Å². The van der Waals surface area contributed by atoms with E-state index in [-0.39, 0.29) is 6.10 Å². The molecule has 3 fully saturated rings. The fourth-order valence-electron chi connectivity index (χ4n) is 5.68. The second-order valence-corrected chi connectivity index (χ2v) is 10.9. The van der Waals surface area contributed by atoms with Crippen LogP contribution in [0.15, 0.2) is 36.9 Å². The lowest BCUT2D eigenvalue weighted by Gasteiger charge is -2.32. The first-order valence-electron chi connectivity index (χ1n) is 14.6. The molecule has 214 valence electrons. The fourth-order valence-corrected chi connectivity index (χ4v) is 5.68. The van der Waals surface area contributed by atoms with Crippen molar-refractivity contribution in [3.63, 3.8) is 0 Å².